The summed E-state index contributed by atoms with van der Waals surface area (Å²) in [6.45, 7) is 0.0164. The number of carboxylic acid groups (broad SMARTS) is 1. The van der Waals surface area contributed by atoms with E-state index in [1.807, 2.05) is 48.5 Å². The molecule has 7 heteroatoms. The van der Waals surface area contributed by atoms with Gasteiger partial charge < -0.3 is 14.7 Å². The molecule has 5 nitrogen and oxygen atoms in total. The minimum atomic E-state index is -2.89. The van der Waals surface area contributed by atoms with Crippen molar-refractivity contribution in [1.29, 1.82) is 0 Å². The first-order chi connectivity index (χ1) is 14.8. The number of carboxylic acids is 1. The average Bonchev–Trinajstić information content (AvgIpc) is 3.28. The van der Waals surface area contributed by atoms with E-state index in [2.05, 4.69) is 0 Å². The van der Waals surface area contributed by atoms with Crippen molar-refractivity contribution in [3.05, 3.63) is 59.7 Å². The van der Waals surface area contributed by atoms with Crippen LogP contribution >= 0.6 is 0 Å². The van der Waals surface area contributed by atoms with Gasteiger partial charge in [0.05, 0.1) is 5.41 Å². The monoisotopic (exact) mass is 427 g/mol. The van der Waals surface area contributed by atoms with Crippen LogP contribution in [0.25, 0.3) is 11.1 Å². The van der Waals surface area contributed by atoms with Gasteiger partial charge in [0.1, 0.15) is 6.61 Å². The van der Waals surface area contributed by atoms with E-state index in [1.165, 1.54) is 4.90 Å². The summed E-state index contributed by atoms with van der Waals surface area (Å²) in [5, 5.41) is 9.77. The summed E-state index contributed by atoms with van der Waals surface area (Å²) in [5.74, 6) is -4.88. The molecule has 0 radical (unpaired) electrons. The highest BCUT2D eigenvalue weighted by Gasteiger charge is 2.60. The van der Waals surface area contributed by atoms with Crippen LogP contribution in [-0.4, -0.2) is 47.7 Å². The number of rotatable bonds is 3. The average molecular weight is 427 g/mol. The zero-order valence-electron chi connectivity index (χ0n) is 16.9. The lowest BCUT2D eigenvalue weighted by atomic mass is 9.67. The van der Waals surface area contributed by atoms with Crippen molar-refractivity contribution in [3.8, 4) is 11.1 Å². The lowest BCUT2D eigenvalue weighted by molar-refractivity contribution is -0.160. The Hall–Kier alpha value is -2.96. The fourth-order valence-corrected chi connectivity index (χ4v) is 5.56. The highest BCUT2D eigenvalue weighted by atomic mass is 19.3. The van der Waals surface area contributed by atoms with Crippen molar-refractivity contribution in [2.24, 2.45) is 11.3 Å². The number of alkyl halides is 2. The smallest absolute Gasteiger partial charge is 0.409 e. The van der Waals surface area contributed by atoms with Crippen LogP contribution in [0, 0.1) is 11.3 Å². The second-order valence-corrected chi connectivity index (χ2v) is 8.90. The van der Waals surface area contributed by atoms with E-state index in [-0.39, 0.29) is 32.0 Å². The van der Waals surface area contributed by atoms with E-state index in [0.29, 0.717) is 0 Å². The number of amides is 1. The summed E-state index contributed by atoms with van der Waals surface area (Å²) in [7, 11) is 0. The third-order valence-electron chi connectivity index (χ3n) is 7.20. The molecule has 0 aromatic heterocycles. The molecule has 31 heavy (non-hydrogen) atoms. The van der Waals surface area contributed by atoms with Gasteiger partial charge in [0.15, 0.2) is 0 Å². The van der Waals surface area contributed by atoms with Crippen LogP contribution in [0.15, 0.2) is 48.5 Å². The second-order valence-electron chi connectivity index (χ2n) is 8.90. The summed E-state index contributed by atoms with van der Waals surface area (Å²) < 4.78 is 33.4. The zero-order valence-corrected chi connectivity index (χ0v) is 16.9. The molecule has 1 amide bonds. The number of aliphatic carboxylic acids is 1. The predicted molar refractivity (Wildman–Crippen MR) is 109 cm³/mol. The predicted octanol–water partition coefficient (Wildman–Crippen LogP) is 4.76. The minimum absolute atomic E-state index is 0.0153. The Balaban J connectivity index is 1.32. The number of hydrogen-bond donors (Lipinski definition) is 1. The molecule has 0 unspecified atom stereocenters. The van der Waals surface area contributed by atoms with Crippen LogP contribution in [0.3, 0.4) is 0 Å². The quantitative estimate of drug-likeness (QED) is 0.767. The number of halogens is 2. The van der Waals surface area contributed by atoms with E-state index < -0.39 is 42.2 Å². The van der Waals surface area contributed by atoms with Crippen molar-refractivity contribution in [1.82, 2.24) is 4.90 Å². The first-order valence-electron chi connectivity index (χ1n) is 10.5. The molecule has 1 aliphatic heterocycles. The number of likely N-dealkylation sites (tertiary alicyclic amines) is 1. The van der Waals surface area contributed by atoms with Crippen LogP contribution in [0.4, 0.5) is 13.6 Å². The summed E-state index contributed by atoms with van der Waals surface area (Å²) in [5.41, 5.74) is 3.06. The van der Waals surface area contributed by atoms with Crippen LogP contribution in [0.5, 0.6) is 0 Å². The summed E-state index contributed by atoms with van der Waals surface area (Å²) in [4.78, 5) is 26.1. The van der Waals surface area contributed by atoms with Gasteiger partial charge in [-0.1, -0.05) is 48.5 Å². The molecule has 5 rings (SSSR count). The normalized spacial score (nSPS) is 26.1. The number of benzene rings is 2. The molecule has 0 spiro atoms. The maximum Gasteiger partial charge on any atom is 0.409 e. The maximum absolute atomic E-state index is 13.9. The topological polar surface area (TPSA) is 66.8 Å². The third kappa shape index (κ3) is 3.18. The first-order valence-corrected chi connectivity index (χ1v) is 10.5. The van der Waals surface area contributed by atoms with Gasteiger partial charge in [-0.2, -0.15) is 0 Å². The Morgan fingerprint density at radius 2 is 1.65 bits per heavy atom. The van der Waals surface area contributed by atoms with Crippen LogP contribution in [0.2, 0.25) is 0 Å². The third-order valence-corrected chi connectivity index (χ3v) is 7.20. The maximum atomic E-state index is 13.9. The van der Waals surface area contributed by atoms with E-state index in [9.17, 15) is 23.5 Å². The lowest BCUT2D eigenvalue weighted by Crippen LogP contribution is -2.46. The van der Waals surface area contributed by atoms with E-state index >= 15 is 0 Å². The number of hydrogen-bond acceptors (Lipinski definition) is 3. The Bertz CT molecular complexity index is 1010. The van der Waals surface area contributed by atoms with Crippen molar-refractivity contribution in [2.75, 3.05) is 19.7 Å². The molecule has 1 heterocycles. The largest absolute Gasteiger partial charge is 0.481 e. The number of nitrogens with zero attached hydrogens (tertiary/aromatic N) is 1. The van der Waals surface area contributed by atoms with Gasteiger partial charge in [0, 0.05) is 37.8 Å². The van der Waals surface area contributed by atoms with Crippen LogP contribution in [-0.2, 0) is 9.53 Å². The standard InChI is InChI=1S/C24H23F2NO4/c25-24(26)10-9-23(21(28)29)14-27(12-15(23)11-24)22(30)31-13-20-18-7-3-1-5-16(18)17-6-2-4-8-19(17)20/h1-8,15,20H,9-14H2,(H,28,29)/t15-,23-/m1/s1. The van der Waals surface area contributed by atoms with E-state index in [4.69, 9.17) is 4.74 Å². The summed E-state index contributed by atoms with van der Waals surface area (Å²) in [6.07, 6.45) is -1.74. The number of ether oxygens (including phenoxy) is 1. The molecular formula is C24H23F2NO4. The molecule has 2 aliphatic carbocycles. The van der Waals surface area contributed by atoms with Gasteiger partial charge in [-0.25, -0.2) is 13.6 Å². The molecule has 2 aromatic carbocycles. The van der Waals surface area contributed by atoms with Crippen LogP contribution in [0.1, 0.15) is 36.3 Å². The van der Waals surface area contributed by atoms with Gasteiger partial charge in [-0.05, 0) is 28.7 Å². The van der Waals surface area contributed by atoms with Gasteiger partial charge in [0.25, 0.3) is 0 Å². The molecule has 1 saturated heterocycles. The SMILES string of the molecule is O=C(OCC1c2ccccc2-c2ccccc21)N1C[C@H]2CC(F)(F)CC[C@@]2(C(=O)O)C1. The molecule has 0 bridgehead atoms. The molecule has 2 fully saturated rings. The molecule has 3 aliphatic rings. The zero-order chi connectivity index (χ0) is 21.8. The Morgan fingerprint density at radius 3 is 2.26 bits per heavy atom. The van der Waals surface area contributed by atoms with Crippen molar-refractivity contribution < 1.29 is 28.2 Å². The highest BCUT2D eigenvalue weighted by Crippen LogP contribution is 2.52. The first kappa shape index (κ1) is 20.0. The Labute approximate surface area is 178 Å². The number of fused-ring (bicyclic) bond motifs is 4. The van der Waals surface area contributed by atoms with Gasteiger partial charge in [-0.15, -0.1) is 0 Å². The second kappa shape index (κ2) is 7.04. The van der Waals surface area contributed by atoms with Crippen molar-refractivity contribution >= 4 is 12.1 Å². The summed E-state index contributed by atoms with van der Waals surface area (Å²) >= 11 is 0. The fraction of sp³-hybridized carbons (Fsp3) is 0.417. The molecule has 1 saturated carbocycles. The molecular weight excluding hydrogens is 404 g/mol. The Morgan fingerprint density at radius 1 is 1.03 bits per heavy atom. The molecule has 162 valence electrons. The minimum Gasteiger partial charge on any atom is -0.481 e. The van der Waals surface area contributed by atoms with Gasteiger partial charge >= 0.3 is 12.1 Å². The lowest BCUT2D eigenvalue weighted by Gasteiger charge is -2.37. The van der Waals surface area contributed by atoms with E-state index in [0.717, 1.165) is 22.3 Å². The van der Waals surface area contributed by atoms with Gasteiger partial charge in [0.2, 0.25) is 5.92 Å². The fourth-order valence-electron chi connectivity index (χ4n) is 5.56. The Kier molecular flexibility index (Phi) is 4.53. The highest BCUT2D eigenvalue weighted by molar-refractivity contribution is 5.80. The van der Waals surface area contributed by atoms with Crippen LogP contribution < -0.4 is 0 Å². The number of carbonyl (C=O) groups excluding carboxylic acids is 1. The van der Waals surface area contributed by atoms with Gasteiger partial charge in [-0.3, -0.25) is 4.79 Å². The van der Waals surface area contributed by atoms with Crippen molar-refractivity contribution in [2.45, 2.75) is 31.1 Å². The van der Waals surface area contributed by atoms with E-state index in [1.54, 1.807) is 0 Å². The molecule has 1 N–H and O–H groups in total. The molecule has 2 aromatic rings. The molecule has 2 atom stereocenters. The number of carbonyl (C=O) groups is 2. The summed E-state index contributed by atoms with van der Waals surface area (Å²) in [6, 6.07) is 15.9. The van der Waals surface area contributed by atoms with Crippen molar-refractivity contribution in [3.63, 3.8) is 0 Å².